The van der Waals surface area contributed by atoms with Crippen molar-refractivity contribution in [2.75, 3.05) is 25.6 Å². The SMILES string of the molecule is COc1ccc(OCCCNc2cnn(C)c(=O)c2Cl)cc1. The van der Waals surface area contributed by atoms with E-state index in [1.165, 1.54) is 10.9 Å². The van der Waals surface area contributed by atoms with Gasteiger partial charge in [-0.3, -0.25) is 4.79 Å². The van der Waals surface area contributed by atoms with Gasteiger partial charge in [0.2, 0.25) is 0 Å². The molecule has 0 bridgehead atoms. The van der Waals surface area contributed by atoms with Crippen molar-refractivity contribution in [2.45, 2.75) is 6.42 Å². The number of aryl methyl sites for hydroxylation is 1. The number of methoxy groups -OCH3 is 1. The zero-order chi connectivity index (χ0) is 15.9. The van der Waals surface area contributed by atoms with Gasteiger partial charge >= 0.3 is 0 Å². The van der Waals surface area contributed by atoms with Crippen LogP contribution in [0.3, 0.4) is 0 Å². The minimum atomic E-state index is -0.318. The Kier molecular flexibility index (Phi) is 5.66. The fourth-order valence-electron chi connectivity index (χ4n) is 1.79. The van der Waals surface area contributed by atoms with Gasteiger partial charge in [0.15, 0.2) is 0 Å². The first-order valence-corrected chi connectivity index (χ1v) is 7.22. The molecule has 1 N–H and O–H groups in total. The van der Waals surface area contributed by atoms with Crippen LogP contribution in [-0.4, -0.2) is 30.0 Å². The fourth-order valence-corrected chi connectivity index (χ4v) is 2.03. The summed E-state index contributed by atoms with van der Waals surface area (Å²) in [5.41, 5.74) is 0.218. The summed E-state index contributed by atoms with van der Waals surface area (Å²) in [6.45, 7) is 1.18. The number of hydrogen-bond acceptors (Lipinski definition) is 5. The third kappa shape index (κ3) is 4.14. The van der Waals surface area contributed by atoms with E-state index in [2.05, 4.69) is 10.4 Å². The van der Waals surface area contributed by atoms with Gasteiger partial charge in [-0.15, -0.1) is 0 Å². The minimum Gasteiger partial charge on any atom is -0.497 e. The molecule has 0 spiro atoms. The Balaban J connectivity index is 1.75. The lowest BCUT2D eigenvalue weighted by molar-refractivity contribution is 0.314. The van der Waals surface area contributed by atoms with Crippen molar-refractivity contribution in [2.24, 2.45) is 7.05 Å². The van der Waals surface area contributed by atoms with Gasteiger partial charge in [-0.1, -0.05) is 11.6 Å². The van der Waals surface area contributed by atoms with E-state index in [1.807, 2.05) is 24.3 Å². The molecule has 0 saturated carbocycles. The third-order valence-corrected chi connectivity index (χ3v) is 3.41. The Labute approximate surface area is 133 Å². The molecule has 0 amide bonds. The highest BCUT2D eigenvalue weighted by Crippen LogP contribution is 2.17. The van der Waals surface area contributed by atoms with Crippen molar-refractivity contribution >= 4 is 17.3 Å². The Bertz CT molecular complexity index is 671. The fraction of sp³-hybridized carbons (Fsp3) is 0.333. The number of rotatable bonds is 7. The van der Waals surface area contributed by atoms with Gasteiger partial charge in [0.1, 0.15) is 16.5 Å². The molecule has 0 aliphatic rings. The summed E-state index contributed by atoms with van der Waals surface area (Å²) < 4.78 is 11.9. The normalized spacial score (nSPS) is 10.3. The molecule has 0 saturated heterocycles. The van der Waals surface area contributed by atoms with Crippen LogP contribution in [0, 0.1) is 0 Å². The largest absolute Gasteiger partial charge is 0.497 e. The highest BCUT2D eigenvalue weighted by molar-refractivity contribution is 6.32. The number of aromatic nitrogens is 2. The maximum atomic E-state index is 11.6. The molecule has 1 aromatic carbocycles. The number of benzene rings is 1. The number of halogens is 1. The van der Waals surface area contributed by atoms with Gasteiger partial charge < -0.3 is 14.8 Å². The quantitative estimate of drug-likeness (QED) is 0.792. The molecule has 2 rings (SSSR count). The van der Waals surface area contributed by atoms with Crippen molar-refractivity contribution in [1.82, 2.24) is 9.78 Å². The molecule has 0 aliphatic heterocycles. The van der Waals surface area contributed by atoms with Crippen LogP contribution in [0.25, 0.3) is 0 Å². The average molecular weight is 324 g/mol. The molecule has 0 radical (unpaired) electrons. The number of anilines is 1. The van der Waals surface area contributed by atoms with Crippen LogP contribution in [-0.2, 0) is 7.05 Å². The Morgan fingerprint density at radius 1 is 1.27 bits per heavy atom. The van der Waals surface area contributed by atoms with Crippen LogP contribution in [0.1, 0.15) is 6.42 Å². The smallest absolute Gasteiger partial charge is 0.287 e. The standard InChI is InChI=1S/C15H18ClN3O3/c1-19-15(20)14(16)13(10-18-19)17-8-3-9-22-12-6-4-11(21-2)5-7-12/h4-7,10,17H,3,8-9H2,1-2H3. The Morgan fingerprint density at radius 3 is 2.64 bits per heavy atom. The topological polar surface area (TPSA) is 65.4 Å². The highest BCUT2D eigenvalue weighted by atomic mass is 35.5. The summed E-state index contributed by atoms with van der Waals surface area (Å²) in [7, 11) is 3.18. The second-order valence-corrected chi connectivity index (χ2v) is 4.98. The maximum absolute atomic E-state index is 11.6. The Hall–Kier alpha value is -2.21. The lowest BCUT2D eigenvalue weighted by Crippen LogP contribution is -2.21. The van der Waals surface area contributed by atoms with Gasteiger partial charge in [-0.05, 0) is 30.7 Å². The van der Waals surface area contributed by atoms with Crippen molar-refractivity contribution in [3.05, 3.63) is 45.8 Å². The van der Waals surface area contributed by atoms with Gasteiger partial charge in [0.05, 0.1) is 25.6 Å². The van der Waals surface area contributed by atoms with Gasteiger partial charge in [-0.2, -0.15) is 5.10 Å². The predicted molar refractivity (Wildman–Crippen MR) is 86.1 cm³/mol. The van der Waals surface area contributed by atoms with Crippen molar-refractivity contribution in [3.63, 3.8) is 0 Å². The molecule has 7 heteroatoms. The van der Waals surface area contributed by atoms with Crippen molar-refractivity contribution in [3.8, 4) is 11.5 Å². The average Bonchev–Trinajstić information content (AvgIpc) is 2.55. The van der Waals surface area contributed by atoms with E-state index in [-0.39, 0.29) is 10.6 Å². The molecule has 22 heavy (non-hydrogen) atoms. The molecule has 6 nitrogen and oxygen atoms in total. The number of ether oxygens (including phenoxy) is 2. The maximum Gasteiger partial charge on any atom is 0.287 e. The number of nitrogens with zero attached hydrogens (tertiary/aromatic N) is 2. The zero-order valence-corrected chi connectivity index (χ0v) is 13.3. The molecule has 0 fully saturated rings. The van der Waals surface area contributed by atoms with Crippen LogP contribution >= 0.6 is 11.6 Å². The van der Waals surface area contributed by atoms with Crippen LogP contribution < -0.4 is 20.3 Å². The van der Waals surface area contributed by atoms with E-state index >= 15 is 0 Å². The summed E-state index contributed by atoms with van der Waals surface area (Å²) >= 11 is 5.96. The van der Waals surface area contributed by atoms with E-state index in [1.54, 1.807) is 14.2 Å². The van der Waals surface area contributed by atoms with Crippen molar-refractivity contribution in [1.29, 1.82) is 0 Å². The van der Waals surface area contributed by atoms with E-state index in [0.717, 1.165) is 17.9 Å². The zero-order valence-electron chi connectivity index (χ0n) is 12.5. The lowest BCUT2D eigenvalue weighted by Gasteiger charge is -2.09. The first-order valence-electron chi connectivity index (χ1n) is 6.84. The molecule has 0 unspecified atom stereocenters. The summed E-state index contributed by atoms with van der Waals surface area (Å²) in [6, 6.07) is 7.40. The minimum absolute atomic E-state index is 0.147. The van der Waals surface area contributed by atoms with Gasteiger partial charge in [0.25, 0.3) is 5.56 Å². The van der Waals surface area contributed by atoms with E-state index in [4.69, 9.17) is 21.1 Å². The van der Waals surface area contributed by atoms with Crippen LogP contribution in [0.5, 0.6) is 11.5 Å². The molecule has 118 valence electrons. The van der Waals surface area contributed by atoms with Crippen LogP contribution in [0.2, 0.25) is 5.02 Å². The summed E-state index contributed by atoms with van der Waals surface area (Å²) in [4.78, 5) is 11.6. The van der Waals surface area contributed by atoms with Gasteiger partial charge in [0, 0.05) is 13.6 Å². The predicted octanol–water partition coefficient (Wildman–Crippen LogP) is 2.32. The second kappa shape index (κ2) is 7.70. The van der Waals surface area contributed by atoms with Crippen LogP contribution in [0.4, 0.5) is 5.69 Å². The summed E-state index contributed by atoms with van der Waals surface area (Å²) in [5.74, 6) is 1.58. The van der Waals surface area contributed by atoms with Crippen LogP contribution in [0.15, 0.2) is 35.3 Å². The van der Waals surface area contributed by atoms with Gasteiger partial charge in [-0.25, -0.2) is 4.68 Å². The first-order chi connectivity index (χ1) is 10.6. The summed E-state index contributed by atoms with van der Waals surface area (Å²) in [5, 5.41) is 7.14. The molecule has 0 aliphatic carbocycles. The molecule has 1 aromatic heterocycles. The Morgan fingerprint density at radius 2 is 1.95 bits per heavy atom. The van der Waals surface area contributed by atoms with Crippen molar-refractivity contribution < 1.29 is 9.47 Å². The summed E-state index contributed by atoms with van der Waals surface area (Å²) in [6.07, 6.45) is 2.30. The first kappa shape index (κ1) is 16.2. The third-order valence-electron chi connectivity index (χ3n) is 3.04. The van der Waals surface area contributed by atoms with E-state index < -0.39 is 0 Å². The molecular weight excluding hydrogens is 306 g/mol. The number of hydrogen-bond donors (Lipinski definition) is 1. The van der Waals surface area contributed by atoms with E-state index in [0.29, 0.717) is 18.8 Å². The lowest BCUT2D eigenvalue weighted by atomic mass is 10.3. The number of nitrogens with one attached hydrogen (secondary N) is 1. The second-order valence-electron chi connectivity index (χ2n) is 4.61. The van der Waals surface area contributed by atoms with E-state index in [9.17, 15) is 4.79 Å². The molecular formula is C15H18ClN3O3. The molecule has 0 atom stereocenters. The molecule has 1 heterocycles. The highest BCUT2D eigenvalue weighted by Gasteiger charge is 2.06. The molecule has 2 aromatic rings. The monoisotopic (exact) mass is 323 g/mol.